The van der Waals surface area contributed by atoms with Crippen LogP contribution in [0, 0.1) is 17.8 Å². The smallest absolute Gasteiger partial charge is 0.391 e. The molecule has 0 spiro atoms. The van der Waals surface area contributed by atoms with Crippen molar-refractivity contribution in [2.24, 2.45) is 5.41 Å². The first-order chi connectivity index (χ1) is 15.4. The number of aliphatic hydroxyl groups excluding tert-OH is 1. The van der Waals surface area contributed by atoms with E-state index in [-0.39, 0.29) is 11.3 Å². The Morgan fingerprint density at radius 1 is 1.06 bits per heavy atom. The highest BCUT2D eigenvalue weighted by Crippen LogP contribution is 2.44. The summed E-state index contributed by atoms with van der Waals surface area (Å²) in [6.07, 6.45) is 8.20. The van der Waals surface area contributed by atoms with Crippen molar-refractivity contribution in [2.75, 3.05) is 5.73 Å². The van der Waals surface area contributed by atoms with Crippen LogP contribution < -0.4 is 5.73 Å². The van der Waals surface area contributed by atoms with Crippen molar-refractivity contribution >= 4 is 51.9 Å². The summed E-state index contributed by atoms with van der Waals surface area (Å²) in [5.74, 6) is 3.06. The highest BCUT2D eigenvalue weighted by atomic mass is 35.5. The number of halogens is 1. The van der Waals surface area contributed by atoms with Crippen LogP contribution in [0.2, 0.25) is 5.28 Å². The highest BCUT2D eigenvalue weighted by molar-refractivity contribution is 7.45. The Morgan fingerprint density at radius 3 is 1.86 bits per heavy atom. The lowest BCUT2D eigenvalue weighted by Gasteiger charge is -2.20. The minimum atomic E-state index is -4.64. The number of rotatable bonds is 1. The molecule has 0 saturated heterocycles. The third kappa shape index (κ3) is 14.6. The summed E-state index contributed by atoms with van der Waals surface area (Å²) >= 11 is 5.87. The van der Waals surface area contributed by atoms with Gasteiger partial charge in [-0.1, -0.05) is 5.92 Å². The van der Waals surface area contributed by atoms with Crippen molar-refractivity contribution in [1.29, 1.82) is 0 Å². The lowest BCUT2D eigenvalue weighted by Crippen LogP contribution is -2.23. The second-order valence-electron chi connectivity index (χ2n) is 7.05. The molecular weight excluding hydrogens is 561 g/mol. The first kappa shape index (κ1) is 33.6. The van der Waals surface area contributed by atoms with Crippen LogP contribution in [0.15, 0.2) is 12.3 Å². The van der Waals surface area contributed by atoms with Crippen molar-refractivity contribution in [1.82, 2.24) is 14.5 Å². The molecule has 0 amide bonds. The molecule has 2 aromatic heterocycles. The Kier molecular flexibility index (Phi) is 12.2. The Morgan fingerprint density at radius 2 is 1.49 bits per heavy atom. The molecule has 21 heteroatoms. The van der Waals surface area contributed by atoms with Gasteiger partial charge in [0.25, 0.3) is 0 Å². The van der Waals surface area contributed by atoms with Gasteiger partial charge >= 0.3 is 23.5 Å². The van der Waals surface area contributed by atoms with Gasteiger partial charge in [-0.15, -0.1) is 6.42 Å². The monoisotopic (exact) mass is 584 g/mol. The third-order valence-electron chi connectivity index (χ3n) is 4.19. The van der Waals surface area contributed by atoms with Crippen LogP contribution in [-0.4, -0.2) is 69.8 Å². The van der Waals surface area contributed by atoms with Gasteiger partial charge in [0.05, 0.1) is 16.9 Å². The predicted octanol–water partition coefficient (Wildman–Crippen LogP) is -0.784. The van der Waals surface area contributed by atoms with E-state index in [1.165, 1.54) is 0 Å². The number of hydrogen-bond donors (Lipinski definition) is 11. The van der Waals surface area contributed by atoms with Crippen LogP contribution in [0.3, 0.4) is 0 Å². The zero-order valence-electron chi connectivity index (χ0n) is 17.6. The van der Waals surface area contributed by atoms with Crippen LogP contribution in [-0.2, 0) is 13.7 Å². The number of anilines is 1. The van der Waals surface area contributed by atoms with Crippen molar-refractivity contribution < 1.29 is 62.8 Å². The second kappa shape index (κ2) is 12.7. The van der Waals surface area contributed by atoms with E-state index in [1.807, 2.05) is 23.8 Å². The molecule has 0 unspecified atom stereocenters. The molecule has 200 valence electrons. The lowest BCUT2D eigenvalue weighted by atomic mass is 9.88. The maximum atomic E-state index is 10.2. The second-order valence-corrected chi connectivity index (χ2v) is 10.5. The van der Waals surface area contributed by atoms with Gasteiger partial charge in [-0.25, -0.2) is 18.7 Å². The van der Waals surface area contributed by atoms with Gasteiger partial charge in [-0.3, -0.25) is 0 Å². The molecule has 35 heavy (non-hydrogen) atoms. The van der Waals surface area contributed by atoms with Crippen molar-refractivity contribution in [3.05, 3.63) is 17.5 Å². The molecule has 1 fully saturated rings. The van der Waals surface area contributed by atoms with Crippen LogP contribution in [0.25, 0.3) is 11.0 Å². The maximum Gasteiger partial charge on any atom is 0.466 e. The molecule has 3 atom stereocenters. The molecule has 1 aliphatic carbocycles. The molecule has 0 aromatic carbocycles. The topological polar surface area (TPSA) is 310 Å². The van der Waals surface area contributed by atoms with E-state index in [0.717, 1.165) is 5.39 Å². The summed E-state index contributed by atoms with van der Waals surface area (Å²) in [5, 5.41) is 11.0. The number of fused-ring (bicyclic) bond motifs is 1. The molecule has 17 nitrogen and oxygen atoms in total. The number of aromatic nitrogens is 3. The Labute approximate surface area is 202 Å². The van der Waals surface area contributed by atoms with E-state index >= 15 is 0 Å². The number of nitrogens with zero attached hydrogens (tertiary/aromatic N) is 3. The van der Waals surface area contributed by atoms with Crippen LogP contribution in [0.4, 0.5) is 5.82 Å². The van der Waals surface area contributed by atoms with E-state index in [0.29, 0.717) is 24.3 Å². The number of nitrogen functional groups attached to an aromatic ring is 1. The fourth-order valence-electron chi connectivity index (χ4n) is 2.92. The summed E-state index contributed by atoms with van der Waals surface area (Å²) in [5.41, 5.74) is 6.02. The highest BCUT2D eigenvalue weighted by Gasteiger charge is 2.42. The zero-order valence-corrected chi connectivity index (χ0v) is 21.1. The van der Waals surface area contributed by atoms with Crippen LogP contribution in [0.1, 0.15) is 25.8 Å². The zero-order chi connectivity index (χ0) is 28.0. The van der Waals surface area contributed by atoms with Crippen molar-refractivity contribution in [3.63, 3.8) is 0 Å². The van der Waals surface area contributed by atoms with Gasteiger partial charge in [0.1, 0.15) is 11.5 Å². The standard InChI is InChI=1S/C14H15ClN4O.3H3O4P/c1-3-14(2)7-8(6-10(14)20)19-5-4-9-11(16)17-13(15)18-12(9)19;3*1-5(2,3)4/h1,4-5,8,10,20H,6-7H2,2H3,(H2,16,17,18);3*(H3,1,2,3,4)/t8-,10-,14+;;;/m1.../s1. The number of hydrogen-bond acceptors (Lipinski definition) is 7. The molecule has 0 radical (unpaired) electrons. The number of nitrogens with two attached hydrogens (primary N) is 1. The van der Waals surface area contributed by atoms with Gasteiger partial charge in [-0.05, 0) is 37.4 Å². The average molecular weight is 585 g/mol. The first-order valence-electron chi connectivity index (χ1n) is 8.75. The number of terminal acetylenes is 1. The van der Waals surface area contributed by atoms with Gasteiger partial charge in [-0.2, -0.15) is 4.98 Å². The first-order valence-corrected chi connectivity index (χ1v) is 13.8. The Bertz CT molecular complexity index is 1110. The fourth-order valence-corrected chi connectivity index (χ4v) is 3.09. The average Bonchev–Trinajstić information content (AvgIpc) is 3.12. The Balaban J connectivity index is 0.000000635. The van der Waals surface area contributed by atoms with E-state index in [4.69, 9.17) is 81.5 Å². The minimum Gasteiger partial charge on any atom is -0.391 e. The Hall–Kier alpha value is -1.44. The molecule has 1 saturated carbocycles. The summed E-state index contributed by atoms with van der Waals surface area (Å²) in [4.78, 5) is 72.9. The molecule has 0 aliphatic heterocycles. The summed E-state index contributed by atoms with van der Waals surface area (Å²) < 4.78 is 28.6. The minimum absolute atomic E-state index is 0.0777. The van der Waals surface area contributed by atoms with E-state index in [2.05, 4.69) is 15.9 Å². The fraction of sp³-hybridized carbons (Fsp3) is 0.429. The van der Waals surface area contributed by atoms with Gasteiger partial charge in [0, 0.05) is 12.2 Å². The molecule has 2 heterocycles. The van der Waals surface area contributed by atoms with Crippen LogP contribution in [0.5, 0.6) is 0 Å². The molecule has 3 rings (SSSR count). The molecule has 0 bridgehead atoms. The number of phosphoric acid groups is 3. The summed E-state index contributed by atoms with van der Waals surface area (Å²) in [6, 6.07) is 1.94. The van der Waals surface area contributed by atoms with E-state index in [1.54, 1.807) is 0 Å². The summed E-state index contributed by atoms with van der Waals surface area (Å²) in [7, 11) is -13.9. The van der Waals surface area contributed by atoms with E-state index < -0.39 is 35.0 Å². The lowest BCUT2D eigenvalue weighted by molar-refractivity contribution is 0.104. The molecular formula is C14H24ClN4O13P3. The van der Waals surface area contributed by atoms with Crippen molar-refractivity contribution in [2.45, 2.75) is 31.9 Å². The number of aliphatic hydroxyl groups is 1. The SMILES string of the molecule is C#C[C@@]1(C)C[C@H](n2ccc3c(N)nc(Cl)nc32)C[C@H]1O.O=P(O)(O)O.O=P(O)(O)O.O=P(O)(O)O. The molecule has 12 N–H and O–H groups in total. The quantitative estimate of drug-likeness (QED) is 0.111. The predicted molar refractivity (Wildman–Crippen MR) is 121 cm³/mol. The third-order valence-corrected chi connectivity index (χ3v) is 4.36. The largest absolute Gasteiger partial charge is 0.466 e. The van der Waals surface area contributed by atoms with Crippen molar-refractivity contribution in [3.8, 4) is 12.3 Å². The maximum absolute atomic E-state index is 10.2. The van der Waals surface area contributed by atoms with Gasteiger partial charge in [0.15, 0.2) is 0 Å². The summed E-state index contributed by atoms with van der Waals surface area (Å²) in [6.45, 7) is 1.90. The van der Waals surface area contributed by atoms with E-state index in [9.17, 15) is 5.11 Å². The van der Waals surface area contributed by atoms with Crippen LogP contribution >= 0.6 is 35.1 Å². The van der Waals surface area contributed by atoms with Gasteiger partial charge < -0.3 is 59.4 Å². The molecule has 1 aliphatic rings. The normalized spacial score (nSPS) is 22.0. The van der Waals surface area contributed by atoms with Gasteiger partial charge in [0.2, 0.25) is 5.28 Å². The molecule has 2 aromatic rings.